The summed E-state index contributed by atoms with van der Waals surface area (Å²) in [6.07, 6.45) is 9.44. The molecule has 28 heavy (non-hydrogen) atoms. The van der Waals surface area contributed by atoms with Gasteiger partial charge in [0.15, 0.2) is 11.8 Å². The number of hydrogen-bond acceptors (Lipinski definition) is 5. The number of aryl methyl sites for hydroxylation is 1. The highest BCUT2D eigenvalue weighted by atomic mass is 32.2. The molecule has 0 bridgehead atoms. The van der Waals surface area contributed by atoms with Gasteiger partial charge in [-0.25, -0.2) is 4.99 Å². The van der Waals surface area contributed by atoms with Gasteiger partial charge in [-0.3, -0.25) is 0 Å². The van der Waals surface area contributed by atoms with Gasteiger partial charge in [0, 0.05) is 43.8 Å². The molecule has 4 rings (SSSR count). The number of ether oxygens (including phenoxy) is 1. The summed E-state index contributed by atoms with van der Waals surface area (Å²) in [6.45, 7) is 6.43. The molecule has 0 radical (unpaired) electrons. The Morgan fingerprint density at radius 2 is 2.14 bits per heavy atom. The molecule has 0 aromatic carbocycles. The van der Waals surface area contributed by atoms with E-state index in [1.807, 2.05) is 18.5 Å². The normalized spacial score (nSPS) is 25.4. The Hall–Kier alpha value is -1.28. The summed E-state index contributed by atoms with van der Waals surface area (Å²) in [4.78, 5) is 7.46. The minimum Gasteiger partial charge on any atom is -0.376 e. The van der Waals surface area contributed by atoms with Crippen molar-refractivity contribution >= 4 is 17.7 Å². The summed E-state index contributed by atoms with van der Waals surface area (Å²) >= 11 is 2.20. The van der Waals surface area contributed by atoms with Crippen LogP contribution in [0.4, 0.5) is 0 Å². The fraction of sp³-hybridized carbons (Fsp3) is 0.850. The number of guanidine groups is 1. The molecule has 0 amide bonds. The van der Waals surface area contributed by atoms with Crippen molar-refractivity contribution in [2.45, 2.75) is 69.3 Å². The third kappa shape index (κ3) is 4.64. The van der Waals surface area contributed by atoms with Crippen LogP contribution in [0, 0.1) is 6.92 Å². The van der Waals surface area contributed by atoms with Crippen LogP contribution in [-0.2, 0) is 18.3 Å². The lowest BCUT2D eigenvalue weighted by Gasteiger charge is -2.45. The zero-order chi connectivity index (χ0) is 19.4. The Labute approximate surface area is 172 Å². The number of nitrogens with zero attached hydrogens (tertiary/aromatic N) is 5. The highest BCUT2D eigenvalue weighted by Gasteiger charge is 2.38. The van der Waals surface area contributed by atoms with Crippen molar-refractivity contribution in [2.75, 3.05) is 32.0 Å². The average molecular weight is 407 g/mol. The van der Waals surface area contributed by atoms with E-state index in [0.29, 0.717) is 17.4 Å². The Morgan fingerprint density at radius 1 is 1.29 bits per heavy atom. The highest BCUT2D eigenvalue weighted by Crippen LogP contribution is 2.42. The summed E-state index contributed by atoms with van der Waals surface area (Å²) < 4.78 is 8.26. The zero-order valence-corrected chi connectivity index (χ0v) is 18.1. The van der Waals surface area contributed by atoms with E-state index in [1.54, 1.807) is 0 Å². The van der Waals surface area contributed by atoms with Gasteiger partial charge >= 0.3 is 0 Å². The van der Waals surface area contributed by atoms with E-state index in [0.717, 1.165) is 50.3 Å². The lowest BCUT2D eigenvalue weighted by atomic mass is 9.87. The molecule has 3 aliphatic rings. The zero-order valence-electron chi connectivity index (χ0n) is 17.3. The molecule has 3 heterocycles. The molecule has 8 heteroatoms. The lowest BCUT2D eigenvalue weighted by Crippen LogP contribution is -2.54. The van der Waals surface area contributed by atoms with Crippen molar-refractivity contribution < 1.29 is 4.74 Å². The maximum absolute atomic E-state index is 5.82. The van der Waals surface area contributed by atoms with Gasteiger partial charge in [-0.15, -0.1) is 10.2 Å². The predicted molar refractivity (Wildman–Crippen MR) is 114 cm³/mol. The van der Waals surface area contributed by atoms with Crippen LogP contribution in [-0.4, -0.2) is 68.5 Å². The van der Waals surface area contributed by atoms with Crippen LogP contribution in [0.1, 0.15) is 56.6 Å². The smallest absolute Gasteiger partial charge is 0.194 e. The first-order chi connectivity index (χ1) is 13.7. The van der Waals surface area contributed by atoms with Crippen LogP contribution in [0.25, 0.3) is 0 Å². The van der Waals surface area contributed by atoms with Gasteiger partial charge in [-0.05, 0) is 32.6 Å². The summed E-state index contributed by atoms with van der Waals surface area (Å²) in [5.41, 5.74) is 0. The van der Waals surface area contributed by atoms with E-state index in [4.69, 9.17) is 9.73 Å². The predicted octanol–water partition coefficient (Wildman–Crippen LogP) is 2.50. The molecule has 1 spiro atoms. The van der Waals surface area contributed by atoms with Crippen LogP contribution >= 0.6 is 11.8 Å². The third-order valence-corrected chi connectivity index (χ3v) is 7.91. The Bertz CT molecular complexity index is 673. The molecular weight excluding hydrogens is 372 g/mol. The molecule has 3 fully saturated rings. The Kier molecular flexibility index (Phi) is 6.45. The first-order valence-electron chi connectivity index (χ1n) is 10.8. The van der Waals surface area contributed by atoms with Crippen molar-refractivity contribution in [3.05, 3.63) is 11.6 Å². The molecule has 1 N–H and O–H groups in total. The van der Waals surface area contributed by atoms with Gasteiger partial charge in [0.1, 0.15) is 12.4 Å². The minimum atomic E-state index is 0.310. The molecular formula is C20H34N6OS. The lowest BCUT2D eigenvalue weighted by molar-refractivity contribution is 0.113. The van der Waals surface area contributed by atoms with Gasteiger partial charge < -0.3 is 19.5 Å². The fourth-order valence-electron chi connectivity index (χ4n) is 4.54. The summed E-state index contributed by atoms with van der Waals surface area (Å²) in [5, 5.41) is 12.1. The second-order valence-electron chi connectivity index (χ2n) is 8.39. The number of aliphatic imine (C=N–C) groups is 1. The maximum Gasteiger partial charge on any atom is 0.194 e. The first-order valence-corrected chi connectivity index (χ1v) is 11.8. The van der Waals surface area contributed by atoms with E-state index in [-0.39, 0.29) is 0 Å². The maximum atomic E-state index is 5.82. The third-order valence-electron chi connectivity index (χ3n) is 6.38. The van der Waals surface area contributed by atoms with Crippen LogP contribution in [0.3, 0.4) is 0 Å². The largest absolute Gasteiger partial charge is 0.376 e. The number of rotatable bonds is 4. The summed E-state index contributed by atoms with van der Waals surface area (Å²) in [7, 11) is 2.01. The van der Waals surface area contributed by atoms with E-state index in [9.17, 15) is 0 Å². The summed E-state index contributed by atoms with van der Waals surface area (Å²) in [6, 6.07) is 0. The Morgan fingerprint density at radius 3 is 2.86 bits per heavy atom. The van der Waals surface area contributed by atoms with Crippen molar-refractivity contribution in [1.29, 1.82) is 0 Å². The van der Waals surface area contributed by atoms with Gasteiger partial charge in [-0.1, -0.05) is 19.3 Å². The molecule has 156 valence electrons. The Balaban J connectivity index is 1.47. The quantitative estimate of drug-likeness (QED) is 0.612. The average Bonchev–Trinajstić information content (AvgIpc) is 3.34. The van der Waals surface area contributed by atoms with E-state index >= 15 is 0 Å². The van der Waals surface area contributed by atoms with Gasteiger partial charge in [-0.2, -0.15) is 11.8 Å². The van der Waals surface area contributed by atoms with Gasteiger partial charge in [0.25, 0.3) is 0 Å². The molecule has 1 aliphatic carbocycles. The standard InChI is InChI=1S/C20H34N6OS/c1-16-23-24-18(25(16)2)14-22-19(21-13-17-7-6-11-27-17)26-10-12-28-20(15-26)8-4-3-5-9-20/h17H,3-15H2,1-2H3,(H,21,22). The van der Waals surface area contributed by atoms with Crippen LogP contribution in [0.15, 0.2) is 4.99 Å². The van der Waals surface area contributed by atoms with E-state index in [1.165, 1.54) is 44.3 Å². The van der Waals surface area contributed by atoms with Crippen molar-refractivity contribution in [3.63, 3.8) is 0 Å². The second-order valence-corrected chi connectivity index (χ2v) is 9.95. The molecule has 2 saturated heterocycles. The molecule has 7 nitrogen and oxygen atoms in total. The van der Waals surface area contributed by atoms with Gasteiger partial charge in [0.2, 0.25) is 0 Å². The molecule has 1 aromatic rings. The molecule has 2 aliphatic heterocycles. The van der Waals surface area contributed by atoms with Crippen LogP contribution in [0.2, 0.25) is 0 Å². The molecule has 1 unspecified atom stereocenters. The van der Waals surface area contributed by atoms with E-state index in [2.05, 4.69) is 32.2 Å². The number of aromatic nitrogens is 3. The van der Waals surface area contributed by atoms with Crippen LogP contribution in [0.5, 0.6) is 0 Å². The number of nitrogens with one attached hydrogen (secondary N) is 1. The molecule has 1 atom stereocenters. The van der Waals surface area contributed by atoms with Crippen molar-refractivity contribution in [1.82, 2.24) is 25.0 Å². The first kappa shape index (κ1) is 20.0. The summed E-state index contributed by atoms with van der Waals surface area (Å²) in [5.74, 6) is 4.03. The topological polar surface area (TPSA) is 67.6 Å². The highest BCUT2D eigenvalue weighted by molar-refractivity contribution is 8.00. The van der Waals surface area contributed by atoms with Gasteiger partial charge in [0.05, 0.1) is 6.10 Å². The van der Waals surface area contributed by atoms with Crippen LogP contribution < -0.4 is 5.32 Å². The number of thioether (sulfide) groups is 1. The molecule has 1 aromatic heterocycles. The van der Waals surface area contributed by atoms with E-state index < -0.39 is 0 Å². The SMILES string of the molecule is Cc1nnc(CN=C(NCC2CCCO2)N2CCSC3(CCCCC3)C2)n1C. The fourth-order valence-corrected chi connectivity index (χ4v) is 6.11. The van der Waals surface area contributed by atoms with Crippen molar-refractivity contribution in [2.24, 2.45) is 12.0 Å². The second kappa shape index (κ2) is 9.03. The monoisotopic (exact) mass is 406 g/mol. The number of hydrogen-bond donors (Lipinski definition) is 1. The molecule has 1 saturated carbocycles. The van der Waals surface area contributed by atoms with Crippen molar-refractivity contribution in [3.8, 4) is 0 Å². The minimum absolute atomic E-state index is 0.310.